The molecule has 1 heterocycles. The highest BCUT2D eigenvalue weighted by Crippen LogP contribution is 2.50. The van der Waals surface area contributed by atoms with E-state index in [0.29, 0.717) is 0 Å². The predicted octanol–water partition coefficient (Wildman–Crippen LogP) is 2.77. The largest absolute Gasteiger partial charge is 0.385 e. The van der Waals surface area contributed by atoms with Crippen LogP contribution in [-0.4, -0.2) is 29.8 Å². The van der Waals surface area contributed by atoms with Crippen LogP contribution in [0.4, 0.5) is 5.95 Å². The lowest BCUT2D eigenvalue weighted by molar-refractivity contribution is 0.197. The van der Waals surface area contributed by atoms with Crippen molar-refractivity contribution in [2.45, 2.75) is 38.6 Å². The van der Waals surface area contributed by atoms with Gasteiger partial charge in [-0.2, -0.15) is 0 Å². The van der Waals surface area contributed by atoms with Gasteiger partial charge in [0, 0.05) is 39.2 Å². The summed E-state index contributed by atoms with van der Waals surface area (Å²) in [6.45, 7) is 2.89. The monoisotopic (exact) mass is 263 g/mol. The van der Waals surface area contributed by atoms with Crippen molar-refractivity contribution in [2.24, 2.45) is 17.8 Å². The van der Waals surface area contributed by atoms with Crippen molar-refractivity contribution in [1.29, 1.82) is 0 Å². The maximum absolute atomic E-state index is 5.07. The fourth-order valence-electron chi connectivity index (χ4n) is 3.00. The Balaban J connectivity index is 1.53. The van der Waals surface area contributed by atoms with Crippen molar-refractivity contribution in [3.63, 3.8) is 0 Å². The third kappa shape index (κ3) is 3.50. The Labute approximate surface area is 115 Å². The van der Waals surface area contributed by atoms with Gasteiger partial charge in [0.25, 0.3) is 0 Å². The van der Waals surface area contributed by atoms with Crippen LogP contribution < -0.4 is 5.32 Å². The molecule has 1 aromatic heterocycles. The molecular weight excluding hydrogens is 238 g/mol. The number of nitrogens with one attached hydrogen (secondary N) is 1. The van der Waals surface area contributed by atoms with Gasteiger partial charge in [0.05, 0.1) is 0 Å². The molecule has 0 aromatic carbocycles. The zero-order valence-electron chi connectivity index (χ0n) is 11.8. The van der Waals surface area contributed by atoms with Gasteiger partial charge in [0.15, 0.2) is 0 Å². The number of ether oxygens (including phenoxy) is 1. The summed E-state index contributed by atoms with van der Waals surface area (Å²) in [6, 6.07) is 0. The van der Waals surface area contributed by atoms with Gasteiger partial charge in [-0.15, -0.1) is 0 Å². The Hall–Kier alpha value is -1.03. The van der Waals surface area contributed by atoms with Crippen molar-refractivity contribution in [2.75, 3.05) is 25.6 Å². The summed E-state index contributed by atoms with van der Waals surface area (Å²) in [5.74, 6) is 3.92. The first kappa shape index (κ1) is 13.0. The maximum atomic E-state index is 5.07. The van der Waals surface area contributed by atoms with Gasteiger partial charge in [-0.1, -0.05) is 0 Å². The van der Waals surface area contributed by atoms with Crippen molar-refractivity contribution in [3.05, 3.63) is 12.4 Å². The number of hydrogen-bond acceptors (Lipinski definition) is 3. The van der Waals surface area contributed by atoms with E-state index in [2.05, 4.69) is 21.1 Å². The minimum atomic E-state index is 0.806. The summed E-state index contributed by atoms with van der Waals surface area (Å²) in [6.07, 6.45) is 10.9. The number of rotatable bonds is 9. The Morgan fingerprint density at radius 3 is 2.74 bits per heavy atom. The first-order valence-electron chi connectivity index (χ1n) is 7.62. The summed E-state index contributed by atoms with van der Waals surface area (Å²) < 4.78 is 7.38. The minimum absolute atomic E-state index is 0.806. The molecule has 2 fully saturated rings. The van der Waals surface area contributed by atoms with Crippen molar-refractivity contribution in [1.82, 2.24) is 9.55 Å². The smallest absolute Gasteiger partial charge is 0.202 e. The van der Waals surface area contributed by atoms with Gasteiger partial charge in [0.2, 0.25) is 5.95 Å². The van der Waals surface area contributed by atoms with Crippen molar-refractivity contribution >= 4 is 5.95 Å². The van der Waals surface area contributed by atoms with Crippen LogP contribution in [0.3, 0.4) is 0 Å². The molecule has 0 atom stereocenters. The molecule has 2 aliphatic rings. The van der Waals surface area contributed by atoms with E-state index in [1.165, 1.54) is 25.7 Å². The number of nitrogens with zero attached hydrogens (tertiary/aromatic N) is 2. The van der Waals surface area contributed by atoms with Crippen LogP contribution in [0.5, 0.6) is 0 Å². The second kappa shape index (κ2) is 5.95. The summed E-state index contributed by atoms with van der Waals surface area (Å²) in [7, 11) is 1.75. The molecule has 1 N–H and O–H groups in total. The molecule has 3 rings (SSSR count). The van der Waals surface area contributed by atoms with Gasteiger partial charge in [0.1, 0.15) is 0 Å². The first-order chi connectivity index (χ1) is 9.38. The number of hydrogen-bond donors (Lipinski definition) is 1. The molecule has 4 nitrogen and oxygen atoms in total. The van der Waals surface area contributed by atoms with E-state index >= 15 is 0 Å². The molecule has 4 heteroatoms. The summed E-state index contributed by atoms with van der Waals surface area (Å²) in [4.78, 5) is 4.44. The van der Waals surface area contributed by atoms with Crippen LogP contribution in [-0.2, 0) is 11.3 Å². The molecule has 0 spiro atoms. The zero-order chi connectivity index (χ0) is 13.1. The third-order valence-electron chi connectivity index (χ3n) is 4.39. The second-order valence-electron chi connectivity index (χ2n) is 6.02. The Bertz CT molecular complexity index is 384. The fraction of sp³-hybridized carbons (Fsp3) is 0.800. The van der Waals surface area contributed by atoms with E-state index in [-0.39, 0.29) is 0 Å². The number of aromatic nitrogens is 2. The summed E-state index contributed by atoms with van der Waals surface area (Å²) in [5, 5.41) is 3.42. The Morgan fingerprint density at radius 1 is 1.37 bits per heavy atom. The molecule has 2 saturated carbocycles. The lowest BCUT2D eigenvalue weighted by Gasteiger charge is -2.18. The normalized spacial score (nSPS) is 19.1. The van der Waals surface area contributed by atoms with Crippen LogP contribution in [0.2, 0.25) is 0 Å². The van der Waals surface area contributed by atoms with Gasteiger partial charge in [-0.25, -0.2) is 4.98 Å². The van der Waals surface area contributed by atoms with Crippen molar-refractivity contribution in [3.8, 4) is 0 Å². The summed E-state index contributed by atoms with van der Waals surface area (Å²) >= 11 is 0. The SMILES string of the molecule is COCCCNc1nccn1CC(C1CC1)C1CC1. The van der Waals surface area contributed by atoms with E-state index in [4.69, 9.17) is 4.74 Å². The molecule has 2 aliphatic carbocycles. The molecule has 1 aromatic rings. The molecule has 0 unspecified atom stereocenters. The van der Waals surface area contributed by atoms with Gasteiger partial charge < -0.3 is 14.6 Å². The molecule has 0 amide bonds. The average molecular weight is 263 g/mol. The molecule has 0 bridgehead atoms. The van der Waals surface area contributed by atoms with Crippen LogP contribution in [0, 0.1) is 17.8 Å². The molecular formula is C15H25N3O. The molecule has 106 valence electrons. The van der Waals surface area contributed by atoms with Crippen LogP contribution in [0.25, 0.3) is 0 Å². The average Bonchev–Trinajstić information content (AvgIpc) is 3.32. The van der Waals surface area contributed by atoms with E-state index < -0.39 is 0 Å². The van der Waals surface area contributed by atoms with Gasteiger partial charge >= 0.3 is 0 Å². The van der Waals surface area contributed by atoms with E-state index in [1.807, 2.05) is 6.20 Å². The summed E-state index contributed by atoms with van der Waals surface area (Å²) in [5.41, 5.74) is 0. The Kier molecular flexibility index (Phi) is 4.06. The van der Waals surface area contributed by atoms with Crippen LogP contribution >= 0.6 is 0 Å². The van der Waals surface area contributed by atoms with Crippen LogP contribution in [0.15, 0.2) is 12.4 Å². The molecule has 0 saturated heterocycles. The topological polar surface area (TPSA) is 39.1 Å². The van der Waals surface area contributed by atoms with Gasteiger partial charge in [-0.05, 0) is 49.9 Å². The zero-order valence-corrected chi connectivity index (χ0v) is 11.8. The molecule has 0 aliphatic heterocycles. The number of imidazole rings is 1. The number of methoxy groups -OCH3 is 1. The van der Waals surface area contributed by atoms with E-state index in [1.54, 1.807) is 7.11 Å². The highest BCUT2D eigenvalue weighted by Gasteiger charge is 2.41. The maximum Gasteiger partial charge on any atom is 0.202 e. The Morgan fingerprint density at radius 2 is 2.11 bits per heavy atom. The highest BCUT2D eigenvalue weighted by molar-refractivity contribution is 5.25. The predicted molar refractivity (Wildman–Crippen MR) is 76.1 cm³/mol. The lowest BCUT2D eigenvalue weighted by Crippen LogP contribution is -2.17. The van der Waals surface area contributed by atoms with Crippen LogP contribution in [0.1, 0.15) is 32.1 Å². The molecule has 0 radical (unpaired) electrons. The minimum Gasteiger partial charge on any atom is -0.385 e. The molecule has 19 heavy (non-hydrogen) atoms. The van der Waals surface area contributed by atoms with E-state index in [9.17, 15) is 0 Å². The van der Waals surface area contributed by atoms with E-state index in [0.717, 1.165) is 49.8 Å². The lowest BCUT2D eigenvalue weighted by atomic mass is 9.98. The quantitative estimate of drug-likeness (QED) is 0.696. The van der Waals surface area contributed by atoms with Crippen molar-refractivity contribution < 1.29 is 4.74 Å². The standard InChI is InChI=1S/C15H25N3O/c1-19-10-2-7-16-15-17-8-9-18(15)11-14(12-3-4-12)13-5-6-13/h8-9,12-14H,2-7,10-11H2,1H3,(H,16,17). The second-order valence-corrected chi connectivity index (χ2v) is 6.02. The number of anilines is 1. The highest BCUT2D eigenvalue weighted by atomic mass is 16.5. The first-order valence-corrected chi connectivity index (χ1v) is 7.62. The third-order valence-corrected chi connectivity index (χ3v) is 4.39. The fourth-order valence-corrected chi connectivity index (χ4v) is 3.00. The van der Waals surface area contributed by atoms with Gasteiger partial charge in [-0.3, -0.25) is 0 Å².